The van der Waals surface area contributed by atoms with Gasteiger partial charge in [-0.05, 0) is 47.0 Å². The molecular weight excluding hydrogens is 322 g/mol. The van der Waals surface area contributed by atoms with Crippen LogP contribution in [0.2, 0.25) is 0 Å². The molecule has 6 heteroatoms. The summed E-state index contributed by atoms with van der Waals surface area (Å²) < 4.78 is 2.06. The Hall–Kier alpha value is -0.880. The second-order valence-corrected chi connectivity index (χ2v) is 6.60. The summed E-state index contributed by atoms with van der Waals surface area (Å²) in [6.07, 6.45) is 4.73. The van der Waals surface area contributed by atoms with Crippen molar-refractivity contribution in [3.63, 3.8) is 0 Å². The molecule has 0 amide bonds. The third kappa shape index (κ3) is 3.82. The molecule has 1 aromatic rings. The number of rotatable bonds is 7. The highest BCUT2D eigenvalue weighted by Gasteiger charge is 2.23. The predicted molar refractivity (Wildman–Crippen MR) is 82.9 cm³/mol. The number of nitrogens with zero attached hydrogens (tertiary/aromatic N) is 2. The number of nitrogens with one attached hydrogen (secondary N) is 1. The highest BCUT2D eigenvalue weighted by Crippen LogP contribution is 2.30. The Balaban J connectivity index is 2.15. The topological polar surface area (TPSA) is 67.2 Å². The van der Waals surface area contributed by atoms with E-state index in [9.17, 15) is 4.79 Å². The first-order valence-corrected chi connectivity index (χ1v) is 7.95. The van der Waals surface area contributed by atoms with Crippen molar-refractivity contribution in [3.8, 4) is 0 Å². The van der Waals surface area contributed by atoms with Crippen LogP contribution in [0.25, 0.3) is 0 Å². The van der Waals surface area contributed by atoms with Gasteiger partial charge >= 0.3 is 0 Å². The monoisotopic (exact) mass is 343 g/mol. The Labute approximate surface area is 127 Å². The van der Waals surface area contributed by atoms with Crippen molar-refractivity contribution in [1.82, 2.24) is 9.78 Å². The van der Waals surface area contributed by atoms with Crippen molar-refractivity contribution >= 4 is 21.6 Å². The van der Waals surface area contributed by atoms with Crippen LogP contribution in [-0.2, 0) is 6.54 Å². The molecule has 1 aliphatic rings. The van der Waals surface area contributed by atoms with E-state index >= 15 is 0 Å². The van der Waals surface area contributed by atoms with Crippen LogP contribution in [0, 0.1) is 11.8 Å². The van der Waals surface area contributed by atoms with Gasteiger partial charge in [0.1, 0.15) is 4.47 Å². The third-order valence-electron chi connectivity index (χ3n) is 3.70. The number of aromatic nitrogens is 2. The van der Waals surface area contributed by atoms with Gasteiger partial charge < -0.3 is 10.4 Å². The maximum atomic E-state index is 12.2. The van der Waals surface area contributed by atoms with Crippen molar-refractivity contribution in [1.29, 1.82) is 0 Å². The fourth-order valence-electron chi connectivity index (χ4n) is 2.15. The van der Waals surface area contributed by atoms with Crippen LogP contribution >= 0.6 is 15.9 Å². The average Bonchev–Trinajstić information content (AvgIpc) is 3.21. The number of anilines is 1. The Bertz CT molecular complexity index is 512. The smallest absolute Gasteiger partial charge is 0.283 e. The van der Waals surface area contributed by atoms with E-state index in [1.807, 2.05) is 0 Å². The minimum atomic E-state index is -0.0894. The molecule has 2 N–H and O–H groups in total. The summed E-state index contributed by atoms with van der Waals surface area (Å²) in [7, 11) is 0. The van der Waals surface area contributed by atoms with E-state index < -0.39 is 0 Å². The van der Waals surface area contributed by atoms with E-state index in [1.54, 1.807) is 6.20 Å². The van der Waals surface area contributed by atoms with Crippen LogP contribution in [0.3, 0.4) is 0 Å². The summed E-state index contributed by atoms with van der Waals surface area (Å²) in [5.74, 6) is 0.978. The number of hydrogen-bond acceptors (Lipinski definition) is 4. The summed E-state index contributed by atoms with van der Waals surface area (Å²) >= 11 is 3.37. The molecule has 1 unspecified atom stereocenters. The van der Waals surface area contributed by atoms with Crippen molar-refractivity contribution < 1.29 is 5.11 Å². The van der Waals surface area contributed by atoms with Gasteiger partial charge in [-0.3, -0.25) is 4.79 Å². The zero-order valence-electron chi connectivity index (χ0n) is 12.0. The molecule has 5 nitrogen and oxygen atoms in total. The molecule has 0 radical (unpaired) electrons. The Kier molecular flexibility index (Phi) is 5.21. The summed E-state index contributed by atoms with van der Waals surface area (Å²) in [5, 5.41) is 16.6. The quantitative estimate of drug-likeness (QED) is 0.796. The molecule has 1 heterocycles. The van der Waals surface area contributed by atoms with Crippen LogP contribution in [0.1, 0.15) is 33.1 Å². The lowest BCUT2D eigenvalue weighted by Gasteiger charge is -2.23. The van der Waals surface area contributed by atoms with Crippen molar-refractivity contribution in [2.24, 2.45) is 11.8 Å². The third-order valence-corrected chi connectivity index (χ3v) is 4.47. The van der Waals surface area contributed by atoms with Gasteiger partial charge in [0.15, 0.2) is 0 Å². The van der Waals surface area contributed by atoms with Gasteiger partial charge in [0.25, 0.3) is 5.56 Å². The van der Waals surface area contributed by atoms with E-state index in [1.165, 1.54) is 17.5 Å². The van der Waals surface area contributed by atoms with Gasteiger partial charge in [0.05, 0.1) is 11.9 Å². The molecule has 20 heavy (non-hydrogen) atoms. The first-order valence-electron chi connectivity index (χ1n) is 7.16. The highest BCUT2D eigenvalue weighted by atomic mass is 79.9. The van der Waals surface area contributed by atoms with Gasteiger partial charge in [-0.15, -0.1) is 0 Å². The Morgan fingerprint density at radius 3 is 2.80 bits per heavy atom. The lowest BCUT2D eigenvalue weighted by molar-refractivity contribution is 0.267. The zero-order valence-corrected chi connectivity index (χ0v) is 13.6. The molecule has 1 saturated carbocycles. The number of hydrogen-bond donors (Lipinski definition) is 2. The van der Waals surface area contributed by atoms with E-state index in [0.717, 1.165) is 0 Å². The van der Waals surface area contributed by atoms with Gasteiger partial charge in [-0.25, -0.2) is 4.68 Å². The minimum absolute atomic E-state index is 0.0894. The summed E-state index contributed by atoms with van der Waals surface area (Å²) in [6.45, 7) is 5.01. The van der Waals surface area contributed by atoms with Crippen molar-refractivity contribution in [3.05, 3.63) is 21.0 Å². The standard InChI is InChI=1S/C14H22BrN3O2/c1-9(2)11(5-6-19)17-12-7-16-18(8-10-3-4-10)14(20)13(12)15/h7,9-11,17,19H,3-6,8H2,1-2H3. The average molecular weight is 344 g/mol. The first kappa shape index (κ1) is 15.5. The van der Waals surface area contributed by atoms with Crippen LogP contribution in [0.5, 0.6) is 0 Å². The summed E-state index contributed by atoms with van der Waals surface area (Å²) in [6, 6.07) is 0.122. The van der Waals surface area contributed by atoms with Gasteiger partial charge in [-0.1, -0.05) is 13.8 Å². The fourth-order valence-corrected chi connectivity index (χ4v) is 2.57. The molecule has 1 aliphatic carbocycles. The normalized spacial score (nSPS) is 16.4. The molecule has 1 aromatic heterocycles. The molecule has 112 valence electrons. The van der Waals surface area contributed by atoms with Crippen LogP contribution < -0.4 is 10.9 Å². The molecule has 0 aliphatic heterocycles. The lowest BCUT2D eigenvalue weighted by Crippen LogP contribution is -2.30. The van der Waals surface area contributed by atoms with Gasteiger partial charge in [0.2, 0.25) is 0 Å². The number of halogens is 1. The fraction of sp³-hybridized carbons (Fsp3) is 0.714. The van der Waals surface area contributed by atoms with Gasteiger partial charge in [-0.2, -0.15) is 5.10 Å². The highest BCUT2D eigenvalue weighted by molar-refractivity contribution is 9.10. The minimum Gasteiger partial charge on any atom is -0.396 e. The number of aliphatic hydroxyl groups excluding tert-OH is 1. The molecule has 0 saturated heterocycles. The summed E-state index contributed by atoms with van der Waals surface area (Å²) in [5.41, 5.74) is 0.614. The maximum absolute atomic E-state index is 12.2. The molecule has 1 fully saturated rings. The van der Waals surface area contributed by atoms with Crippen LogP contribution in [-0.4, -0.2) is 27.5 Å². The molecule has 0 spiro atoms. The van der Waals surface area contributed by atoms with Gasteiger partial charge in [0, 0.05) is 19.2 Å². The molecule has 0 aromatic carbocycles. The second kappa shape index (κ2) is 6.72. The van der Waals surface area contributed by atoms with Crippen molar-refractivity contribution in [2.45, 2.75) is 45.7 Å². The first-order chi connectivity index (χ1) is 9.52. The molecule has 0 bridgehead atoms. The largest absolute Gasteiger partial charge is 0.396 e. The SMILES string of the molecule is CC(C)C(CCO)Nc1cnn(CC2CC2)c(=O)c1Br. The second-order valence-electron chi connectivity index (χ2n) is 5.81. The zero-order chi connectivity index (χ0) is 14.7. The maximum Gasteiger partial charge on any atom is 0.283 e. The predicted octanol–water partition coefficient (Wildman–Crippen LogP) is 2.23. The number of aliphatic hydroxyl groups is 1. The van der Waals surface area contributed by atoms with Crippen LogP contribution in [0.15, 0.2) is 15.5 Å². The molecule has 1 atom stereocenters. The van der Waals surface area contributed by atoms with Crippen LogP contribution in [0.4, 0.5) is 5.69 Å². The Morgan fingerprint density at radius 1 is 1.55 bits per heavy atom. The van der Waals surface area contributed by atoms with E-state index in [-0.39, 0.29) is 18.2 Å². The molecule has 2 rings (SSSR count). The van der Waals surface area contributed by atoms with E-state index in [2.05, 4.69) is 40.2 Å². The van der Waals surface area contributed by atoms with E-state index in [4.69, 9.17) is 5.11 Å². The van der Waals surface area contributed by atoms with Crippen molar-refractivity contribution in [2.75, 3.05) is 11.9 Å². The lowest BCUT2D eigenvalue weighted by atomic mass is 10.0. The Morgan fingerprint density at radius 2 is 2.25 bits per heavy atom. The van der Waals surface area contributed by atoms with E-state index in [0.29, 0.717) is 35.0 Å². The summed E-state index contributed by atoms with van der Waals surface area (Å²) in [4.78, 5) is 12.2. The molecular formula is C14H22BrN3O2.